The molecule has 0 aliphatic heterocycles. The number of Topliss-reactive ketones (excluding diaryl/α,β-unsaturated/α-hetero) is 1. The lowest BCUT2D eigenvalue weighted by Crippen LogP contribution is -2.22. The van der Waals surface area contributed by atoms with Crippen molar-refractivity contribution in [1.82, 2.24) is 4.57 Å². The predicted octanol–water partition coefficient (Wildman–Crippen LogP) is 2.04. The van der Waals surface area contributed by atoms with Gasteiger partial charge in [-0.3, -0.25) is 9.59 Å². The summed E-state index contributed by atoms with van der Waals surface area (Å²) in [7, 11) is 0. The van der Waals surface area contributed by atoms with Crippen LogP contribution in [0.4, 0.5) is 0 Å². The van der Waals surface area contributed by atoms with Crippen molar-refractivity contribution in [2.24, 2.45) is 0 Å². The molecular formula is C14H13NO2. The van der Waals surface area contributed by atoms with E-state index in [4.69, 9.17) is 0 Å². The van der Waals surface area contributed by atoms with Crippen molar-refractivity contribution in [1.29, 1.82) is 0 Å². The Labute approximate surface area is 99.3 Å². The van der Waals surface area contributed by atoms with E-state index in [1.807, 2.05) is 25.1 Å². The number of rotatable bonds is 3. The minimum atomic E-state index is -0.158. The smallest absolute Gasteiger partial charge is 0.250 e. The molecule has 0 bridgehead atoms. The molecule has 0 aliphatic rings. The highest BCUT2D eigenvalue weighted by molar-refractivity contribution is 5.97. The molecule has 1 aromatic carbocycles. The van der Waals surface area contributed by atoms with Crippen LogP contribution in [0.3, 0.4) is 0 Å². The second kappa shape index (κ2) is 4.78. The number of pyridine rings is 1. The number of nitrogens with zero attached hydrogens (tertiary/aromatic N) is 1. The number of aromatic nitrogens is 1. The van der Waals surface area contributed by atoms with Gasteiger partial charge in [0, 0.05) is 17.8 Å². The van der Waals surface area contributed by atoms with Crippen molar-refractivity contribution in [3.63, 3.8) is 0 Å². The topological polar surface area (TPSA) is 39.1 Å². The van der Waals surface area contributed by atoms with E-state index in [2.05, 4.69) is 0 Å². The zero-order chi connectivity index (χ0) is 12.3. The number of carbonyl (C=O) groups excluding carboxylic acids is 1. The molecule has 0 spiro atoms. The normalized spacial score (nSPS) is 10.2. The molecule has 0 fully saturated rings. The Hall–Kier alpha value is -2.16. The van der Waals surface area contributed by atoms with Crippen LogP contribution in [0.15, 0.2) is 53.5 Å². The van der Waals surface area contributed by atoms with E-state index in [0.29, 0.717) is 5.56 Å². The third-order valence-electron chi connectivity index (χ3n) is 2.66. The Balaban J connectivity index is 2.27. The predicted molar refractivity (Wildman–Crippen MR) is 66.2 cm³/mol. The van der Waals surface area contributed by atoms with E-state index in [1.165, 1.54) is 10.6 Å². The maximum Gasteiger partial charge on any atom is 0.250 e. The summed E-state index contributed by atoms with van der Waals surface area (Å²) in [6.45, 7) is 1.98. The largest absolute Gasteiger partial charge is 0.308 e. The molecule has 0 saturated carbocycles. The first kappa shape index (κ1) is 11.3. The standard InChI is InChI=1S/C14H13NO2/c1-11-6-2-3-7-12(11)13(16)10-15-9-5-4-8-14(15)17/h2-9H,10H2,1H3. The zero-order valence-electron chi connectivity index (χ0n) is 9.59. The van der Waals surface area contributed by atoms with Gasteiger partial charge in [-0.15, -0.1) is 0 Å². The van der Waals surface area contributed by atoms with E-state index in [9.17, 15) is 9.59 Å². The van der Waals surface area contributed by atoms with Crippen molar-refractivity contribution in [2.75, 3.05) is 0 Å². The summed E-state index contributed by atoms with van der Waals surface area (Å²) in [4.78, 5) is 23.5. The van der Waals surface area contributed by atoms with Gasteiger partial charge in [0.05, 0.1) is 6.54 Å². The molecule has 0 unspecified atom stereocenters. The number of benzene rings is 1. The number of ketones is 1. The molecule has 3 nitrogen and oxygen atoms in total. The van der Waals surface area contributed by atoms with Gasteiger partial charge >= 0.3 is 0 Å². The van der Waals surface area contributed by atoms with Crippen LogP contribution in [0, 0.1) is 6.92 Å². The Morgan fingerprint density at radius 1 is 1.12 bits per heavy atom. The van der Waals surface area contributed by atoms with E-state index >= 15 is 0 Å². The summed E-state index contributed by atoms with van der Waals surface area (Å²) in [5.41, 5.74) is 1.44. The maximum atomic E-state index is 12.0. The molecule has 1 aromatic heterocycles. The Morgan fingerprint density at radius 3 is 2.53 bits per heavy atom. The molecule has 3 heteroatoms. The molecule has 2 aromatic rings. The van der Waals surface area contributed by atoms with Crippen molar-refractivity contribution in [3.8, 4) is 0 Å². The lowest BCUT2D eigenvalue weighted by atomic mass is 10.1. The fourth-order valence-corrected chi connectivity index (χ4v) is 1.72. The van der Waals surface area contributed by atoms with Crippen molar-refractivity contribution < 1.29 is 4.79 Å². The van der Waals surface area contributed by atoms with Gasteiger partial charge in [-0.05, 0) is 18.6 Å². The summed E-state index contributed by atoms with van der Waals surface area (Å²) < 4.78 is 1.41. The summed E-state index contributed by atoms with van der Waals surface area (Å²) in [5, 5.41) is 0. The average molecular weight is 227 g/mol. The minimum absolute atomic E-state index is 0.0450. The molecule has 0 aliphatic carbocycles. The number of aryl methyl sites for hydroxylation is 1. The monoisotopic (exact) mass is 227 g/mol. The van der Waals surface area contributed by atoms with E-state index < -0.39 is 0 Å². The van der Waals surface area contributed by atoms with Crippen LogP contribution in [-0.2, 0) is 6.54 Å². The Bertz CT molecular complexity index is 599. The Kier molecular flexibility index (Phi) is 3.19. The van der Waals surface area contributed by atoms with Gasteiger partial charge in [0.1, 0.15) is 0 Å². The second-order valence-corrected chi connectivity index (χ2v) is 3.90. The molecule has 0 radical (unpaired) electrons. The fourth-order valence-electron chi connectivity index (χ4n) is 1.72. The molecular weight excluding hydrogens is 214 g/mol. The molecule has 0 atom stereocenters. The highest BCUT2D eigenvalue weighted by Gasteiger charge is 2.09. The van der Waals surface area contributed by atoms with E-state index in [0.717, 1.165) is 5.56 Å². The molecule has 86 valence electrons. The average Bonchev–Trinajstić information content (AvgIpc) is 2.32. The maximum absolute atomic E-state index is 12.0. The van der Waals surface area contributed by atoms with Crippen molar-refractivity contribution in [3.05, 3.63) is 70.1 Å². The highest BCUT2D eigenvalue weighted by atomic mass is 16.1. The molecule has 17 heavy (non-hydrogen) atoms. The zero-order valence-corrected chi connectivity index (χ0v) is 9.59. The van der Waals surface area contributed by atoms with Crippen LogP contribution < -0.4 is 5.56 Å². The molecule has 2 rings (SSSR count). The fraction of sp³-hybridized carbons (Fsp3) is 0.143. The second-order valence-electron chi connectivity index (χ2n) is 3.90. The van der Waals surface area contributed by atoms with Gasteiger partial charge in [0.25, 0.3) is 5.56 Å². The third kappa shape index (κ3) is 2.50. The first-order chi connectivity index (χ1) is 8.18. The first-order valence-electron chi connectivity index (χ1n) is 5.43. The van der Waals surface area contributed by atoms with Gasteiger partial charge in [-0.25, -0.2) is 0 Å². The highest BCUT2D eigenvalue weighted by Crippen LogP contribution is 2.08. The number of hydrogen-bond donors (Lipinski definition) is 0. The summed E-state index contributed by atoms with van der Waals surface area (Å²) in [6, 6.07) is 12.2. The number of hydrogen-bond acceptors (Lipinski definition) is 2. The third-order valence-corrected chi connectivity index (χ3v) is 2.66. The molecule has 0 N–H and O–H groups in total. The summed E-state index contributed by atoms with van der Waals surface area (Å²) >= 11 is 0. The van der Waals surface area contributed by atoms with Gasteiger partial charge in [-0.1, -0.05) is 30.3 Å². The van der Waals surface area contributed by atoms with Crippen LogP contribution in [-0.4, -0.2) is 10.4 Å². The summed E-state index contributed by atoms with van der Waals surface area (Å²) in [6.07, 6.45) is 1.62. The summed E-state index contributed by atoms with van der Waals surface area (Å²) in [5.74, 6) is -0.0450. The lowest BCUT2D eigenvalue weighted by molar-refractivity contribution is 0.0970. The van der Waals surface area contributed by atoms with Crippen LogP contribution in [0.2, 0.25) is 0 Å². The van der Waals surface area contributed by atoms with Crippen LogP contribution >= 0.6 is 0 Å². The quantitative estimate of drug-likeness (QED) is 0.753. The van der Waals surface area contributed by atoms with Gasteiger partial charge in [-0.2, -0.15) is 0 Å². The van der Waals surface area contributed by atoms with Gasteiger partial charge < -0.3 is 4.57 Å². The van der Waals surface area contributed by atoms with E-state index in [1.54, 1.807) is 24.4 Å². The minimum Gasteiger partial charge on any atom is -0.308 e. The molecule has 0 saturated heterocycles. The van der Waals surface area contributed by atoms with Crippen LogP contribution in [0.1, 0.15) is 15.9 Å². The van der Waals surface area contributed by atoms with Crippen molar-refractivity contribution in [2.45, 2.75) is 13.5 Å². The SMILES string of the molecule is Cc1ccccc1C(=O)Cn1ccccc1=O. The van der Waals surface area contributed by atoms with Crippen molar-refractivity contribution >= 4 is 5.78 Å². The van der Waals surface area contributed by atoms with Gasteiger partial charge in [0.2, 0.25) is 0 Å². The number of carbonyl (C=O) groups is 1. The Morgan fingerprint density at radius 2 is 1.82 bits per heavy atom. The molecule has 1 heterocycles. The van der Waals surface area contributed by atoms with Crippen LogP contribution in [0.25, 0.3) is 0 Å². The molecule has 0 amide bonds. The van der Waals surface area contributed by atoms with E-state index in [-0.39, 0.29) is 17.9 Å². The first-order valence-corrected chi connectivity index (χ1v) is 5.43. The van der Waals surface area contributed by atoms with Gasteiger partial charge in [0.15, 0.2) is 5.78 Å². The lowest BCUT2D eigenvalue weighted by Gasteiger charge is -2.06. The van der Waals surface area contributed by atoms with Crippen LogP contribution in [0.5, 0.6) is 0 Å².